The van der Waals surface area contributed by atoms with Crippen molar-refractivity contribution in [2.75, 3.05) is 13.1 Å². The van der Waals surface area contributed by atoms with E-state index in [1.54, 1.807) is 29.3 Å². The van der Waals surface area contributed by atoms with Gasteiger partial charge in [0.2, 0.25) is 0 Å². The second-order valence-corrected chi connectivity index (χ2v) is 6.47. The number of hydrogen-bond donors (Lipinski definition) is 2. The third-order valence-corrected chi connectivity index (χ3v) is 4.55. The van der Waals surface area contributed by atoms with Crippen LogP contribution in [0.25, 0.3) is 0 Å². The number of rotatable bonds is 4. The molecule has 2 heterocycles. The number of ether oxygens (including phenoxy) is 1. The molecule has 0 radical (unpaired) electrons. The van der Waals surface area contributed by atoms with Gasteiger partial charge in [0, 0.05) is 19.3 Å². The second kappa shape index (κ2) is 9.14. The highest BCUT2D eigenvalue weighted by Crippen LogP contribution is 2.14. The van der Waals surface area contributed by atoms with Gasteiger partial charge in [-0.25, -0.2) is 4.79 Å². The van der Waals surface area contributed by atoms with Crippen molar-refractivity contribution < 1.29 is 19.4 Å². The Kier molecular flexibility index (Phi) is 6.38. The molecule has 0 spiro atoms. The summed E-state index contributed by atoms with van der Waals surface area (Å²) in [5.74, 6) is -0.334. The molecule has 2 aromatic rings. The Labute approximate surface area is 158 Å². The molecule has 0 aliphatic carbocycles. The number of pyridine rings is 1. The number of benzene rings is 1. The Balaban J connectivity index is 1.52. The van der Waals surface area contributed by atoms with Gasteiger partial charge < -0.3 is 20.1 Å². The van der Waals surface area contributed by atoms with Crippen molar-refractivity contribution in [2.24, 2.45) is 0 Å². The molecule has 3 rings (SSSR count). The van der Waals surface area contributed by atoms with Crippen molar-refractivity contribution in [3.63, 3.8) is 0 Å². The zero-order chi connectivity index (χ0) is 19.1. The maximum Gasteiger partial charge on any atom is 0.410 e. The van der Waals surface area contributed by atoms with Crippen LogP contribution in [-0.4, -0.2) is 52.2 Å². The van der Waals surface area contributed by atoms with Crippen LogP contribution in [0.3, 0.4) is 0 Å². The van der Waals surface area contributed by atoms with Gasteiger partial charge in [0.1, 0.15) is 12.3 Å². The van der Waals surface area contributed by atoms with Crippen molar-refractivity contribution in [3.8, 4) is 0 Å². The quantitative estimate of drug-likeness (QED) is 0.860. The smallest absolute Gasteiger partial charge is 0.410 e. The summed E-state index contributed by atoms with van der Waals surface area (Å²) in [7, 11) is 0. The van der Waals surface area contributed by atoms with Crippen molar-refractivity contribution in [2.45, 2.75) is 31.6 Å². The molecule has 7 nitrogen and oxygen atoms in total. The Morgan fingerprint density at radius 1 is 1.11 bits per heavy atom. The molecule has 0 saturated carbocycles. The maximum atomic E-state index is 12.3. The lowest BCUT2D eigenvalue weighted by Gasteiger charge is -2.21. The second-order valence-electron chi connectivity index (χ2n) is 6.47. The number of aliphatic hydroxyl groups excluding tert-OH is 1. The predicted molar refractivity (Wildman–Crippen MR) is 98.9 cm³/mol. The van der Waals surface area contributed by atoms with Crippen LogP contribution in [-0.2, 0) is 11.3 Å². The van der Waals surface area contributed by atoms with Gasteiger partial charge in [-0.15, -0.1) is 0 Å². The molecule has 2 amide bonds. The summed E-state index contributed by atoms with van der Waals surface area (Å²) in [6.45, 7) is 0.987. The average Bonchev–Trinajstić information content (AvgIpc) is 2.89. The van der Waals surface area contributed by atoms with E-state index in [9.17, 15) is 14.7 Å². The van der Waals surface area contributed by atoms with E-state index in [1.165, 1.54) is 0 Å². The van der Waals surface area contributed by atoms with E-state index in [4.69, 9.17) is 4.74 Å². The minimum atomic E-state index is -0.732. The standard InChI is InChI=1S/C20H23N3O4/c24-18-10-13-23(20(26)27-14-15-6-2-1-3-7-15)12-9-16(18)22-19(25)17-8-4-5-11-21-17/h1-8,11,16,18,24H,9-10,12-14H2,(H,22,25)/t16-,18+/m0/s1. The maximum absolute atomic E-state index is 12.3. The largest absolute Gasteiger partial charge is 0.445 e. The molecule has 0 bridgehead atoms. The number of amides is 2. The molecule has 142 valence electrons. The van der Waals surface area contributed by atoms with Gasteiger partial charge in [0.15, 0.2) is 0 Å². The highest BCUT2D eigenvalue weighted by atomic mass is 16.6. The first-order valence-corrected chi connectivity index (χ1v) is 8.99. The molecule has 2 N–H and O–H groups in total. The topological polar surface area (TPSA) is 91.8 Å². The summed E-state index contributed by atoms with van der Waals surface area (Å²) >= 11 is 0. The zero-order valence-corrected chi connectivity index (χ0v) is 15.0. The summed E-state index contributed by atoms with van der Waals surface area (Å²) in [6, 6.07) is 14.1. The first-order valence-electron chi connectivity index (χ1n) is 8.99. The number of carbonyl (C=O) groups excluding carboxylic acids is 2. The Morgan fingerprint density at radius 2 is 1.85 bits per heavy atom. The number of nitrogens with zero attached hydrogens (tertiary/aromatic N) is 2. The molecule has 27 heavy (non-hydrogen) atoms. The molecule has 1 aliphatic rings. The Morgan fingerprint density at radius 3 is 2.59 bits per heavy atom. The molecule has 1 aliphatic heterocycles. The normalized spacial score (nSPS) is 19.8. The SMILES string of the molecule is O=C(N[C@H]1CCN(C(=O)OCc2ccccc2)CC[C@H]1O)c1ccccn1. The molecule has 2 atom stereocenters. The van der Waals surface area contributed by atoms with Gasteiger partial charge in [-0.2, -0.15) is 0 Å². The summed E-state index contributed by atoms with van der Waals surface area (Å²) < 4.78 is 5.35. The van der Waals surface area contributed by atoms with Crippen molar-refractivity contribution in [1.29, 1.82) is 0 Å². The summed E-state index contributed by atoms with van der Waals surface area (Å²) in [5, 5.41) is 13.2. The third-order valence-electron chi connectivity index (χ3n) is 4.55. The lowest BCUT2D eigenvalue weighted by molar-refractivity contribution is 0.0816. The number of carbonyl (C=O) groups is 2. The fourth-order valence-electron chi connectivity index (χ4n) is 2.99. The van der Waals surface area contributed by atoms with Crippen LogP contribution in [0.5, 0.6) is 0 Å². The lowest BCUT2D eigenvalue weighted by Crippen LogP contribution is -2.43. The fourth-order valence-corrected chi connectivity index (χ4v) is 2.99. The van der Waals surface area contributed by atoms with Crippen LogP contribution in [0.15, 0.2) is 54.7 Å². The van der Waals surface area contributed by atoms with Crippen LogP contribution < -0.4 is 5.32 Å². The molecule has 1 aromatic carbocycles. The molecule has 1 aromatic heterocycles. The minimum absolute atomic E-state index is 0.207. The fraction of sp³-hybridized carbons (Fsp3) is 0.350. The summed E-state index contributed by atoms with van der Waals surface area (Å²) in [4.78, 5) is 30.1. The van der Waals surface area contributed by atoms with E-state index in [0.717, 1.165) is 5.56 Å². The number of likely N-dealkylation sites (tertiary alicyclic amines) is 1. The van der Waals surface area contributed by atoms with E-state index >= 15 is 0 Å². The van der Waals surface area contributed by atoms with E-state index in [-0.39, 0.29) is 12.5 Å². The predicted octanol–water partition coefficient (Wildman–Crippen LogP) is 1.97. The Bertz CT molecular complexity index is 754. The summed E-state index contributed by atoms with van der Waals surface area (Å²) in [5.41, 5.74) is 1.22. The molecule has 7 heteroatoms. The highest BCUT2D eigenvalue weighted by Gasteiger charge is 2.29. The number of nitrogens with one attached hydrogen (secondary N) is 1. The number of aliphatic hydroxyl groups is 1. The van der Waals surface area contributed by atoms with Crippen molar-refractivity contribution in [3.05, 3.63) is 66.0 Å². The van der Waals surface area contributed by atoms with Crippen LogP contribution in [0.2, 0.25) is 0 Å². The molecule has 0 unspecified atom stereocenters. The van der Waals surface area contributed by atoms with Crippen LogP contribution in [0, 0.1) is 0 Å². The monoisotopic (exact) mass is 369 g/mol. The summed E-state index contributed by atoms with van der Waals surface area (Å²) in [6.07, 6.45) is 1.21. The van der Waals surface area contributed by atoms with Gasteiger partial charge in [-0.3, -0.25) is 9.78 Å². The molecule has 1 saturated heterocycles. The van der Waals surface area contributed by atoms with E-state index in [2.05, 4.69) is 10.3 Å². The van der Waals surface area contributed by atoms with Gasteiger partial charge >= 0.3 is 6.09 Å². The van der Waals surface area contributed by atoms with Crippen LogP contribution >= 0.6 is 0 Å². The zero-order valence-electron chi connectivity index (χ0n) is 15.0. The first kappa shape index (κ1) is 18.8. The Hall–Kier alpha value is -2.93. The van der Waals surface area contributed by atoms with E-state index in [0.29, 0.717) is 31.6 Å². The third kappa shape index (κ3) is 5.27. The first-order chi connectivity index (χ1) is 13.1. The molecule has 1 fully saturated rings. The highest BCUT2D eigenvalue weighted by molar-refractivity contribution is 5.92. The van der Waals surface area contributed by atoms with Crippen LogP contribution in [0.4, 0.5) is 4.79 Å². The van der Waals surface area contributed by atoms with Crippen LogP contribution in [0.1, 0.15) is 28.9 Å². The van der Waals surface area contributed by atoms with Gasteiger partial charge in [-0.05, 0) is 30.5 Å². The van der Waals surface area contributed by atoms with Gasteiger partial charge in [0.05, 0.1) is 12.1 Å². The lowest BCUT2D eigenvalue weighted by atomic mass is 10.1. The average molecular weight is 369 g/mol. The molecular formula is C20H23N3O4. The van der Waals surface area contributed by atoms with Crippen molar-refractivity contribution in [1.82, 2.24) is 15.2 Å². The number of aromatic nitrogens is 1. The van der Waals surface area contributed by atoms with E-state index in [1.807, 2.05) is 30.3 Å². The van der Waals surface area contributed by atoms with Gasteiger partial charge in [0.25, 0.3) is 5.91 Å². The molecular weight excluding hydrogens is 346 g/mol. The minimum Gasteiger partial charge on any atom is -0.445 e. The van der Waals surface area contributed by atoms with Gasteiger partial charge in [-0.1, -0.05) is 36.4 Å². The number of hydrogen-bond acceptors (Lipinski definition) is 5. The van der Waals surface area contributed by atoms with Crippen molar-refractivity contribution >= 4 is 12.0 Å². The van der Waals surface area contributed by atoms with E-state index < -0.39 is 18.2 Å².